The van der Waals surface area contributed by atoms with E-state index in [1.807, 2.05) is 0 Å². The average molecular weight is 475 g/mol. The minimum Gasteiger partial charge on any atom is -0.302 e. The fraction of sp³-hybridized carbons (Fsp3) is 0.556. The highest BCUT2D eigenvalue weighted by atomic mass is 35.5. The van der Waals surface area contributed by atoms with Gasteiger partial charge in [0.2, 0.25) is 5.91 Å². The summed E-state index contributed by atoms with van der Waals surface area (Å²) < 4.78 is 27.5. The Morgan fingerprint density at radius 3 is 2.69 bits per heavy atom. The first-order valence-electron chi connectivity index (χ1n) is 9.64. The molecule has 4 heterocycles. The number of anilines is 1. The molecule has 11 heteroatoms. The molecule has 7 nitrogen and oxygen atoms in total. The van der Waals surface area contributed by atoms with E-state index in [0.717, 1.165) is 43.1 Å². The molecule has 2 aromatic rings. The normalized spacial score (nSPS) is 19.2. The van der Waals surface area contributed by atoms with Crippen LogP contribution in [0.15, 0.2) is 16.3 Å². The molecule has 0 unspecified atom stereocenters. The van der Waals surface area contributed by atoms with Gasteiger partial charge >= 0.3 is 0 Å². The Balaban J connectivity index is 1.34. The van der Waals surface area contributed by atoms with Crippen LogP contribution in [-0.2, 0) is 27.8 Å². The summed E-state index contributed by atoms with van der Waals surface area (Å²) in [7, 11) is -3.54. The number of nitrogens with one attached hydrogen (secondary N) is 1. The van der Waals surface area contributed by atoms with E-state index < -0.39 is 10.0 Å². The molecule has 2 aliphatic heterocycles. The van der Waals surface area contributed by atoms with Gasteiger partial charge in [-0.05, 0) is 31.5 Å². The highest BCUT2D eigenvalue weighted by molar-refractivity contribution is 7.91. The molecule has 0 aliphatic carbocycles. The van der Waals surface area contributed by atoms with Gasteiger partial charge in [0.1, 0.15) is 4.21 Å². The number of carbonyl (C=O) groups excluding carboxylic acids is 1. The smallest absolute Gasteiger partial charge is 0.252 e. The fourth-order valence-electron chi connectivity index (χ4n) is 3.70. The first-order valence-corrected chi connectivity index (χ1v) is 13.1. The number of rotatable bonds is 5. The summed E-state index contributed by atoms with van der Waals surface area (Å²) in [5, 5.41) is 3.61. The van der Waals surface area contributed by atoms with E-state index in [0.29, 0.717) is 35.4 Å². The van der Waals surface area contributed by atoms with Gasteiger partial charge in [-0.15, -0.1) is 22.7 Å². The maximum Gasteiger partial charge on any atom is 0.252 e. The predicted octanol–water partition coefficient (Wildman–Crippen LogP) is 3.28. The van der Waals surface area contributed by atoms with Gasteiger partial charge in [0.25, 0.3) is 10.0 Å². The Morgan fingerprint density at radius 2 is 2.03 bits per heavy atom. The van der Waals surface area contributed by atoms with Crippen LogP contribution in [0.3, 0.4) is 0 Å². The van der Waals surface area contributed by atoms with Crippen LogP contribution in [0.1, 0.15) is 30.3 Å². The molecule has 1 amide bonds. The van der Waals surface area contributed by atoms with E-state index in [1.54, 1.807) is 17.4 Å². The summed E-state index contributed by atoms with van der Waals surface area (Å²) in [5.74, 6) is -0.277. The Labute approximate surface area is 183 Å². The number of thiophene rings is 1. The van der Waals surface area contributed by atoms with E-state index in [1.165, 1.54) is 15.2 Å². The van der Waals surface area contributed by atoms with Gasteiger partial charge in [0, 0.05) is 43.4 Å². The fourth-order valence-corrected chi connectivity index (χ4v) is 7.86. The minimum atomic E-state index is -3.54. The zero-order chi connectivity index (χ0) is 20.6. The second-order valence-electron chi connectivity index (χ2n) is 7.23. The molecule has 0 spiro atoms. The zero-order valence-corrected chi connectivity index (χ0v) is 19.3. The highest BCUT2D eigenvalue weighted by Gasteiger charge is 2.33. The van der Waals surface area contributed by atoms with Crippen LogP contribution in [0.4, 0.5) is 5.13 Å². The van der Waals surface area contributed by atoms with Crippen LogP contribution < -0.4 is 5.32 Å². The van der Waals surface area contributed by atoms with Crippen molar-refractivity contribution in [2.75, 3.05) is 31.5 Å². The lowest BCUT2D eigenvalue weighted by molar-refractivity contribution is -0.120. The lowest BCUT2D eigenvalue weighted by Crippen LogP contribution is -2.41. The van der Waals surface area contributed by atoms with Crippen molar-refractivity contribution in [2.24, 2.45) is 5.92 Å². The van der Waals surface area contributed by atoms with Gasteiger partial charge in [-0.1, -0.05) is 18.5 Å². The molecule has 0 saturated carbocycles. The van der Waals surface area contributed by atoms with E-state index in [2.05, 4.69) is 22.1 Å². The molecule has 1 N–H and O–H groups in total. The number of thiazole rings is 1. The van der Waals surface area contributed by atoms with Crippen molar-refractivity contribution in [1.82, 2.24) is 14.2 Å². The molecule has 2 aromatic heterocycles. The SMILES string of the molecule is CCN1CCc2nc(NC(=O)C3CCN(S(=O)(=O)c4ccc(Cl)s4)CC3)sc2C1. The standard InChI is InChI=1S/C18H23ClN4O3S3/c1-2-22-8-7-13-14(11-22)27-18(20-13)21-17(24)12-5-9-23(10-6-12)29(25,26)16-4-3-15(19)28-16/h3-4,12H,2,5-11H2,1H3,(H,20,21,24). The van der Waals surface area contributed by atoms with Crippen molar-refractivity contribution in [2.45, 2.75) is 36.9 Å². The molecule has 4 rings (SSSR count). The number of nitrogens with zero attached hydrogens (tertiary/aromatic N) is 3. The number of sulfonamides is 1. The first kappa shape index (κ1) is 21.2. The maximum absolute atomic E-state index is 12.7. The van der Waals surface area contributed by atoms with E-state index in [4.69, 9.17) is 11.6 Å². The molecule has 0 aromatic carbocycles. The number of likely N-dealkylation sites (N-methyl/N-ethyl adjacent to an activating group) is 1. The topological polar surface area (TPSA) is 82.6 Å². The van der Waals surface area contributed by atoms with Crippen LogP contribution in [0, 0.1) is 5.92 Å². The highest BCUT2D eigenvalue weighted by Crippen LogP contribution is 2.32. The van der Waals surface area contributed by atoms with Crippen LogP contribution in [0.5, 0.6) is 0 Å². The third-order valence-corrected chi connectivity index (χ3v) is 10.1. The molecule has 158 valence electrons. The second kappa shape index (κ2) is 8.60. The van der Waals surface area contributed by atoms with Crippen molar-refractivity contribution in [3.63, 3.8) is 0 Å². The van der Waals surface area contributed by atoms with E-state index in [-0.39, 0.29) is 16.0 Å². The number of halogens is 1. The number of hydrogen-bond donors (Lipinski definition) is 1. The van der Waals surface area contributed by atoms with Gasteiger partial charge in [-0.3, -0.25) is 9.69 Å². The number of carbonyl (C=O) groups is 1. The summed E-state index contributed by atoms with van der Waals surface area (Å²) in [6.07, 6.45) is 1.91. The summed E-state index contributed by atoms with van der Waals surface area (Å²) in [5.41, 5.74) is 1.09. The van der Waals surface area contributed by atoms with Crippen molar-refractivity contribution in [3.05, 3.63) is 27.0 Å². The number of piperidine rings is 1. The summed E-state index contributed by atoms with van der Waals surface area (Å²) in [4.78, 5) is 20.9. The van der Waals surface area contributed by atoms with Crippen LogP contribution >= 0.6 is 34.3 Å². The molecule has 0 radical (unpaired) electrons. The van der Waals surface area contributed by atoms with Crippen molar-refractivity contribution < 1.29 is 13.2 Å². The number of aromatic nitrogens is 1. The van der Waals surface area contributed by atoms with Crippen molar-refractivity contribution in [3.8, 4) is 0 Å². The van der Waals surface area contributed by atoms with Crippen LogP contribution in [0.2, 0.25) is 4.34 Å². The van der Waals surface area contributed by atoms with E-state index in [9.17, 15) is 13.2 Å². The Hall–Kier alpha value is -1.04. The molecule has 1 fully saturated rings. The monoisotopic (exact) mass is 474 g/mol. The van der Waals surface area contributed by atoms with E-state index >= 15 is 0 Å². The third kappa shape index (κ3) is 4.52. The molecule has 29 heavy (non-hydrogen) atoms. The minimum absolute atomic E-state index is 0.0698. The largest absolute Gasteiger partial charge is 0.302 e. The van der Waals surface area contributed by atoms with Gasteiger partial charge in [-0.25, -0.2) is 13.4 Å². The van der Waals surface area contributed by atoms with Gasteiger partial charge in [0.15, 0.2) is 5.13 Å². The quantitative estimate of drug-likeness (QED) is 0.719. The van der Waals surface area contributed by atoms with Crippen LogP contribution in [0.25, 0.3) is 0 Å². The summed E-state index contributed by atoms with van der Waals surface area (Å²) in [6.45, 7) is 5.71. The van der Waals surface area contributed by atoms with Crippen LogP contribution in [-0.4, -0.2) is 54.7 Å². The lowest BCUT2D eigenvalue weighted by Gasteiger charge is -2.29. The Kier molecular flexibility index (Phi) is 6.29. The third-order valence-electron chi connectivity index (χ3n) is 5.46. The molecule has 1 saturated heterocycles. The first-order chi connectivity index (χ1) is 13.9. The van der Waals surface area contributed by atoms with Gasteiger partial charge < -0.3 is 5.32 Å². The predicted molar refractivity (Wildman–Crippen MR) is 116 cm³/mol. The number of hydrogen-bond acceptors (Lipinski definition) is 7. The van der Waals surface area contributed by atoms with Gasteiger partial charge in [0.05, 0.1) is 10.0 Å². The Bertz CT molecular complexity index is 996. The van der Waals surface area contributed by atoms with Crippen molar-refractivity contribution in [1.29, 1.82) is 0 Å². The zero-order valence-electron chi connectivity index (χ0n) is 16.1. The lowest BCUT2D eigenvalue weighted by atomic mass is 9.97. The molecule has 0 atom stereocenters. The molecule has 0 bridgehead atoms. The molecular formula is C18H23ClN4O3S3. The second-order valence-corrected chi connectivity index (χ2v) is 12.2. The number of fused-ring (bicyclic) bond motifs is 1. The van der Waals surface area contributed by atoms with Gasteiger partial charge in [-0.2, -0.15) is 4.31 Å². The summed E-state index contributed by atoms with van der Waals surface area (Å²) >= 11 is 8.48. The summed E-state index contributed by atoms with van der Waals surface area (Å²) in [6, 6.07) is 3.12. The maximum atomic E-state index is 12.7. The molecule has 2 aliphatic rings. The Morgan fingerprint density at radius 1 is 1.28 bits per heavy atom. The van der Waals surface area contributed by atoms with Crippen molar-refractivity contribution >= 4 is 55.3 Å². The molecular weight excluding hydrogens is 452 g/mol. The number of amides is 1. The average Bonchev–Trinajstić information content (AvgIpc) is 3.33.